The fraction of sp³-hybridized carbons (Fsp3) is 0.0500. The van der Waals surface area contributed by atoms with Crippen molar-refractivity contribution in [3.63, 3.8) is 0 Å². The maximum absolute atomic E-state index is 12.9. The summed E-state index contributed by atoms with van der Waals surface area (Å²) in [6.07, 6.45) is 0. The van der Waals surface area contributed by atoms with E-state index in [1.54, 1.807) is 42.5 Å². The molecule has 0 saturated carbocycles. The number of carboxylic acid groups (broad SMARTS) is 1. The number of hydrogen-bond acceptors (Lipinski definition) is 3. The predicted octanol–water partition coefficient (Wildman–Crippen LogP) is 3.99. The highest BCUT2D eigenvalue weighted by Gasteiger charge is 2.33. The molecule has 3 aromatic carbocycles. The molecule has 6 heteroatoms. The third-order valence-electron chi connectivity index (χ3n) is 4.48. The fourth-order valence-corrected chi connectivity index (χ4v) is 3.41. The molecule has 1 aliphatic rings. The van der Waals surface area contributed by atoms with E-state index < -0.39 is 17.8 Å². The molecule has 0 unspecified atom stereocenters. The number of amides is 2. The highest BCUT2D eigenvalue weighted by atomic mass is 35.5. The van der Waals surface area contributed by atoms with Crippen molar-refractivity contribution in [1.29, 1.82) is 0 Å². The van der Waals surface area contributed by atoms with E-state index in [0.717, 1.165) is 0 Å². The van der Waals surface area contributed by atoms with Crippen LogP contribution in [0, 0.1) is 0 Å². The SMILES string of the molecule is O=C(O)c1ccc(CN2C(=O)c3cccc4c(Cl)ccc(c34)C2=O)cc1. The summed E-state index contributed by atoms with van der Waals surface area (Å²) < 4.78 is 0. The van der Waals surface area contributed by atoms with Crippen molar-refractivity contribution in [1.82, 2.24) is 4.90 Å². The smallest absolute Gasteiger partial charge is 0.335 e. The van der Waals surface area contributed by atoms with E-state index in [9.17, 15) is 14.4 Å². The van der Waals surface area contributed by atoms with Crippen LogP contribution in [0.2, 0.25) is 5.02 Å². The largest absolute Gasteiger partial charge is 0.478 e. The molecular formula is C20H12ClNO4. The molecule has 5 nitrogen and oxygen atoms in total. The lowest BCUT2D eigenvalue weighted by Crippen LogP contribution is -2.39. The molecule has 2 amide bonds. The van der Waals surface area contributed by atoms with Gasteiger partial charge in [0.1, 0.15) is 0 Å². The number of carbonyl (C=O) groups is 3. The second kappa shape index (κ2) is 5.97. The van der Waals surface area contributed by atoms with Gasteiger partial charge in [-0.05, 0) is 35.9 Å². The van der Waals surface area contributed by atoms with Crippen molar-refractivity contribution < 1.29 is 19.5 Å². The quantitative estimate of drug-likeness (QED) is 0.712. The van der Waals surface area contributed by atoms with Gasteiger partial charge in [-0.25, -0.2) is 4.79 Å². The van der Waals surface area contributed by atoms with Crippen molar-refractivity contribution in [2.75, 3.05) is 0 Å². The second-order valence-electron chi connectivity index (χ2n) is 6.02. The lowest BCUT2D eigenvalue weighted by molar-refractivity contribution is 0.0596. The normalized spacial score (nSPS) is 13.3. The van der Waals surface area contributed by atoms with Gasteiger partial charge in [0, 0.05) is 26.9 Å². The molecule has 0 bridgehead atoms. The summed E-state index contributed by atoms with van der Waals surface area (Å²) in [6.45, 7) is 0.0655. The van der Waals surface area contributed by atoms with Crippen molar-refractivity contribution in [3.05, 3.63) is 81.9 Å². The Morgan fingerprint density at radius 1 is 0.923 bits per heavy atom. The zero-order valence-electron chi connectivity index (χ0n) is 13.4. The first-order valence-corrected chi connectivity index (χ1v) is 8.25. The van der Waals surface area contributed by atoms with Gasteiger partial charge >= 0.3 is 5.97 Å². The number of hydrogen-bond donors (Lipinski definition) is 1. The number of carboxylic acids is 1. The number of aromatic carboxylic acids is 1. The van der Waals surface area contributed by atoms with Crippen molar-refractivity contribution in [3.8, 4) is 0 Å². The Bertz CT molecular complexity index is 1070. The van der Waals surface area contributed by atoms with Crippen molar-refractivity contribution in [2.24, 2.45) is 0 Å². The molecule has 1 N–H and O–H groups in total. The van der Waals surface area contributed by atoms with Gasteiger partial charge in [-0.15, -0.1) is 0 Å². The van der Waals surface area contributed by atoms with Gasteiger partial charge in [0.05, 0.1) is 12.1 Å². The average molecular weight is 366 g/mol. The first kappa shape index (κ1) is 16.3. The van der Waals surface area contributed by atoms with E-state index in [0.29, 0.717) is 32.5 Å². The van der Waals surface area contributed by atoms with Crippen LogP contribution in [0.3, 0.4) is 0 Å². The summed E-state index contributed by atoms with van der Waals surface area (Å²) in [4.78, 5) is 37.9. The maximum atomic E-state index is 12.9. The molecule has 1 aliphatic heterocycles. The van der Waals surface area contributed by atoms with Gasteiger partial charge in [-0.1, -0.05) is 35.9 Å². The van der Waals surface area contributed by atoms with Gasteiger partial charge in [-0.2, -0.15) is 0 Å². The molecule has 0 aromatic heterocycles. The van der Waals surface area contributed by atoms with E-state index in [2.05, 4.69) is 0 Å². The Balaban J connectivity index is 1.76. The van der Waals surface area contributed by atoms with E-state index in [1.807, 2.05) is 0 Å². The highest BCUT2D eigenvalue weighted by Crippen LogP contribution is 2.34. The monoisotopic (exact) mass is 365 g/mol. The zero-order chi connectivity index (χ0) is 18.4. The Morgan fingerprint density at radius 3 is 2.23 bits per heavy atom. The molecule has 4 rings (SSSR count). The standard InChI is InChI=1S/C20H12ClNO4/c21-16-9-8-15-17-13(16)2-1-3-14(17)18(23)22(19(15)24)10-11-4-6-12(7-5-11)20(25)26/h1-9H,10H2,(H,25,26). The first-order chi connectivity index (χ1) is 12.5. The van der Waals surface area contributed by atoms with Crippen LogP contribution in [0.4, 0.5) is 0 Å². The summed E-state index contributed by atoms with van der Waals surface area (Å²) in [5.74, 6) is -1.81. The van der Waals surface area contributed by atoms with Gasteiger partial charge < -0.3 is 5.11 Å². The number of carbonyl (C=O) groups excluding carboxylic acids is 2. The van der Waals surface area contributed by atoms with E-state index in [4.69, 9.17) is 16.7 Å². The molecule has 0 atom stereocenters. The fourth-order valence-electron chi connectivity index (χ4n) is 3.19. The first-order valence-electron chi connectivity index (χ1n) is 7.87. The van der Waals surface area contributed by atoms with Gasteiger partial charge in [0.15, 0.2) is 0 Å². The Kier molecular flexibility index (Phi) is 3.74. The van der Waals surface area contributed by atoms with E-state index >= 15 is 0 Å². The van der Waals surface area contributed by atoms with Crippen LogP contribution in [0.15, 0.2) is 54.6 Å². The summed E-state index contributed by atoms with van der Waals surface area (Å²) in [5.41, 5.74) is 1.68. The molecule has 0 radical (unpaired) electrons. The number of rotatable bonds is 3. The molecule has 128 valence electrons. The van der Waals surface area contributed by atoms with E-state index in [1.165, 1.54) is 17.0 Å². The Morgan fingerprint density at radius 2 is 1.58 bits per heavy atom. The molecule has 1 heterocycles. The summed E-state index contributed by atoms with van der Waals surface area (Å²) in [6, 6.07) is 14.6. The minimum atomic E-state index is -1.03. The van der Waals surface area contributed by atoms with Crippen LogP contribution >= 0.6 is 11.6 Å². The zero-order valence-corrected chi connectivity index (χ0v) is 14.2. The van der Waals surface area contributed by atoms with Crippen LogP contribution in [0.1, 0.15) is 36.6 Å². The van der Waals surface area contributed by atoms with Crippen LogP contribution in [0.5, 0.6) is 0 Å². The molecular weight excluding hydrogens is 354 g/mol. The van der Waals surface area contributed by atoms with Crippen molar-refractivity contribution in [2.45, 2.75) is 6.54 Å². The molecule has 0 spiro atoms. The third-order valence-corrected chi connectivity index (χ3v) is 4.81. The van der Waals surface area contributed by atoms with E-state index in [-0.39, 0.29) is 12.1 Å². The summed E-state index contributed by atoms with van der Waals surface area (Å²) in [5, 5.41) is 10.7. The number of imide groups is 1. The minimum Gasteiger partial charge on any atom is -0.478 e. The number of halogens is 1. The molecule has 26 heavy (non-hydrogen) atoms. The van der Waals surface area contributed by atoms with Gasteiger partial charge in [0.2, 0.25) is 0 Å². The molecule has 0 fully saturated rings. The lowest BCUT2D eigenvalue weighted by Gasteiger charge is -2.27. The summed E-state index contributed by atoms with van der Waals surface area (Å²) >= 11 is 6.20. The molecule has 0 saturated heterocycles. The van der Waals surface area contributed by atoms with Gasteiger partial charge in [-0.3, -0.25) is 14.5 Å². The molecule has 3 aromatic rings. The lowest BCUT2D eigenvalue weighted by atomic mass is 9.93. The highest BCUT2D eigenvalue weighted by molar-refractivity contribution is 6.38. The van der Waals surface area contributed by atoms with Gasteiger partial charge in [0.25, 0.3) is 11.8 Å². The van der Waals surface area contributed by atoms with Crippen LogP contribution in [-0.4, -0.2) is 27.8 Å². The summed E-state index contributed by atoms with van der Waals surface area (Å²) in [7, 11) is 0. The number of benzene rings is 3. The Hall–Kier alpha value is -3.18. The van der Waals surface area contributed by atoms with Crippen LogP contribution in [-0.2, 0) is 6.54 Å². The average Bonchev–Trinajstić information content (AvgIpc) is 2.64. The third kappa shape index (κ3) is 2.45. The predicted molar refractivity (Wildman–Crippen MR) is 96.6 cm³/mol. The number of nitrogens with zero attached hydrogens (tertiary/aromatic N) is 1. The maximum Gasteiger partial charge on any atom is 0.335 e. The molecule has 0 aliphatic carbocycles. The topological polar surface area (TPSA) is 74.7 Å². The van der Waals surface area contributed by atoms with Crippen LogP contribution in [0.25, 0.3) is 10.8 Å². The Labute approximate surface area is 153 Å². The van der Waals surface area contributed by atoms with Crippen LogP contribution < -0.4 is 0 Å². The minimum absolute atomic E-state index is 0.0655. The second-order valence-corrected chi connectivity index (χ2v) is 6.43. The van der Waals surface area contributed by atoms with Crippen molar-refractivity contribution >= 4 is 40.2 Å².